The molecule has 1 atom stereocenters. The van der Waals surface area contributed by atoms with E-state index in [9.17, 15) is 18.0 Å². The summed E-state index contributed by atoms with van der Waals surface area (Å²) in [6.07, 6.45) is 0. The normalized spacial score (nSPS) is 11.6. The molecule has 1 rings (SSSR count). The van der Waals surface area contributed by atoms with Crippen molar-refractivity contribution < 1.29 is 22.7 Å². The van der Waals surface area contributed by atoms with Crippen LogP contribution in [0.3, 0.4) is 0 Å². The van der Waals surface area contributed by atoms with Crippen LogP contribution in [0, 0.1) is 17.5 Å². The van der Waals surface area contributed by atoms with Crippen molar-refractivity contribution in [3.63, 3.8) is 0 Å². The van der Waals surface area contributed by atoms with Gasteiger partial charge in [0.1, 0.15) is 6.04 Å². The van der Waals surface area contributed by atoms with E-state index in [4.69, 9.17) is 5.73 Å². The lowest BCUT2D eigenvalue weighted by atomic mass is 10.1. The molecule has 0 spiro atoms. The average molecular weight is 256 g/mol. The van der Waals surface area contributed by atoms with Crippen molar-refractivity contribution in [1.82, 2.24) is 0 Å². The fraction of sp³-hybridized carbons (Fsp3) is 0.222. The van der Waals surface area contributed by atoms with Crippen LogP contribution in [0.15, 0.2) is 12.1 Å². The highest BCUT2D eigenvalue weighted by Gasteiger charge is 2.23. The number of methoxy groups -OCH3 is 1. The highest BCUT2D eigenvalue weighted by atomic mass is 35.5. The molecule has 1 aromatic rings. The van der Waals surface area contributed by atoms with Crippen LogP contribution in [-0.4, -0.2) is 13.1 Å². The van der Waals surface area contributed by atoms with Gasteiger partial charge in [0, 0.05) is 5.56 Å². The maximum absolute atomic E-state index is 13.1. The lowest BCUT2D eigenvalue weighted by Gasteiger charge is -2.10. The summed E-state index contributed by atoms with van der Waals surface area (Å²) in [5.41, 5.74) is 4.82. The molecule has 0 saturated carbocycles. The molecule has 0 aliphatic rings. The highest BCUT2D eigenvalue weighted by Crippen LogP contribution is 2.20. The topological polar surface area (TPSA) is 52.3 Å². The summed E-state index contributed by atoms with van der Waals surface area (Å²) in [7, 11) is 1.06. The SMILES string of the molecule is COC(=O)C(N)c1ccc(F)c(F)c1F.Cl. The van der Waals surface area contributed by atoms with Gasteiger partial charge in [0.2, 0.25) is 0 Å². The molecular weight excluding hydrogens is 247 g/mol. The van der Waals surface area contributed by atoms with E-state index in [0.717, 1.165) is 13.2 Å². The number of carbonyl (C=O) groups excluding carboxylic acids is 1. The standard InChI is InChI=1S/C9H8F3NO2.ClH/c1-15-9(14)8(13)4-2-3-5(10)7(12)6(4)11;/h2-3,8H,13H2,1H3;1H. The molecule has 0 bridgehead atoms. The number of carbonyl (C=O) groups is 1. The van der Waals surface area contributed by atoms with Crippen LogP contribution in [0.5, 0.6) is 0 Å². The molecule has 3 nitrogen and oxygen atoms in total. The van der Waals surface area contributed by atoms with Crippen molar-refractivity contribution in [3.05, 3.63) is 35.1 Å². The van der Waals surface area contributed by atoms with Gasteiger partial charge in [-0.3, -0.25) is 4.79 Å². The van der Waals surface area contributed by atoms with Crippen LogP contribution in [-0.2, 0) is 9.53 Å². The molecule has 0 fully saturated rings. The minimum absolute atomic E-state index is 0. The number of rotatable bonds is 2. The van der Waals surface area contributed by atoms with Crippen molar-refractivity contribution in [2.45, 2.75) is 6.04 Å². The van der Waals surface area contributed by atoms with Crippen LogP contribution in [0.2, 0.25) is 0 Å². The third-order valence-electron chi connectivity index (χ3n) is 1.86. The van der Waals surface area contributed by atoms with Gasteiger partial charge in [0.25, 0.3) is 0 Å². The fourth-order valence-electron chi connectivity index (χ4n) is 1.03. The molecule has 0 amide bonds. The van der Waals surface area contributed by atoms with E-state index in [2.05, 4.69) is 4.74 Å². The molecular formula is C9H9ClF3NO2. The zero-order valence-electron chi connectivity index (χ0n) is 8.17. The Labute approximate surface area is 95.8 Å². The van der Waals surface area contributed by atoms with Gasteiger partial charge in [-0.05, 0) is 6.07 Å². The summed E-state index contributed by atoms with van der Waals surface area (Å²) in [6.45, 7) is 0. The first-order chi connectivity index (χ1) is 6.99. The number of halogens is 4. The first-order valence-electron chi connectivity index (χ1n) is 3.95. The maximum atomic E-state index is 13.1. The molecule has 7 heteroatoms. The van der Waals surface area contributed by atoms with E-state index in [1.165, 1.54) is 0 Å². The fourth-order valence-corrected chi connectivity index (χ4v) is 1.03. The van der Waals surface area contributed by atoms with Gasteiger partial charge in [0.05, 0.1) is 7.11 Å². The Hall–Kier alpha value is -1.27. The third-order valence-corrected chi connectivity index (χ3v) is 1.86. The van der Waals surface area contributed by atoms with Gasteiger partial charge in [0.15, 0.2) is 17.5 Å². The first kappa shape index (κ1) is 14.7. The highest BCUT2D eigenvalue weighted by molar-refractivity contribution is 5.85. The van der Waals surface area contributed by atoms with E-state index in [0.29, 0.717) is 6.07 Å². The van der Waals surface area contributed by atoms with Gasteiger partial charge in [-0.25, -0.2) is 13.2 Å². The lowest BCUT2D eigenvalue weighted by Crippen LogP contribution is -2.24. The number of hydrogen-bond acceptors (Lipinski definition) is 3. The van der Waals surface area contributed by atoms with Crippen molar-refractivity contribution in [1.29, 1.82) is 0 Å². The smallest absolute Gasteiger partial charge is 0.327 e. The summed E-state index contributed by atoms with van der Waals surface area (Å²) < 4.78 is 42.6. The Morgan fingerprint density at radius 3 is 2.38 bits per heavy atom. The summed E-state index contributed by atoms with van der Waals surface area (Å²) in [4.78, 5) is 10.9. The maximum Gasteiger partial charge on any atom is 0.327 e. The van der Waals surface area contributed by atoms with Gasteiger partial charge >= 0.3 is 5.97 Å². The van der Waals surface area contributed by atoms with Crippen LogP contribution in [0.25, 0.3) is 0 Å². The minimum atomic E-state index is -1.66. The second-order valence-electron chi connectivity index (χ2n) is 2.77. The molecule has 16 heavy (non-hydrogen) atoms. The summed E-state index contributed by atoms with van der Waals surface area (Å²) in [5.74, 6) is -5.41. The Bertz CT molecular complexity index is 401. The average Bonchev–Trinajstić information content (AvgIpc) is 2.24. The molecule has 90 valence electrons. The van der Waals surface area contributed by atoms with E-state index in [1.54, 1.807) is 0 Å². The zero-order valence-corrected chi connectivity index (χ0v) is 8.98. The molecule has 0 heterocycles. The van der Waals surface area contributed by atoms with Crippen molar-refractivity contribution in [3.8, 4) is 0 Å². The summed E-state index contributed by atoms with van der Waals surface area (Å²) in [5, 5.41) is 0. The molecule has 2 N–H and O–H groups in total. The third kappa shape index (κ3) is 2.65. The van der Waals surface area contributed by atoms with Gasteiger partial charge < -0.3 is 10.5 Å². The largest absolute Gasteiger partial charge is 0.468 e. The van der Waals surface area contributed by atoms with Crippen LogP contribution >= 0.6 is 12.4 Å². The number of hydrogen-bond donors (Lipinski definition) is 1. The minimum Gasteiger partial charge on any atom is -0.468 e. The molecule has 0 saturated heterocycles. The lowest BCUT2D eigenvalue weighted by molar-refractivity contribution is -0.142. The molecule has 0 aromatic heterocycles. The van der Waals surface area contributed by atoms with Crippen LogP contribution in [0.1, 0.15) is 11.6 Å². The quantitative estimate of drug-likeness (QED) is 0.646. The predicted octanol–water partition coefficient (Wildman–Crippen LogP) is 1.70. The molecule has 1 unspecified atom stereocenters. The van der Waals surface area contributed by atoms with Gasteiger partial charge in [-0.15, -0.1) is 12.4 Å². The number of benzene rings is 1. The van der Waals surface area contributed by atoms with Gasteiger partial charge in [-0.1, -0.05) is 6.07 Å². The van der Waals surface area contributed by atoms with E-state index >= 15 is 0 Å². The van der Waals surface area contributed by atoms with Crippen molar-refractivity contribution in [2.24, 2.45) is 5.73 Å². The Balaban J connectivity index is 0.00000225. The Morgan fingerprint density at radius 1 is 1.31 bits per heavy atom. The van der Waals surface area contributed by atoms with Crippen molar-refractivity contribution in [2.75, 3.05) is 7.11 Å². The van der Waals surface area contributed by atoms with Gasteiger partial charge in [-0.2, -0.15) is 0 Å². The van der Waals surface area contributed by atoms with Crippen LogP contribution in [0.4, 0.5) is 13.2 Å². The van der Waals surface area contributed by atoms with Crippen LogP contribution < -0.4 is 5.73 Å². The molecule has 0 aliphatic carbocycles. The second kappa shape index (κ2) is 5.72. The monoisotopic (exact) mass is 255 g/mol. The van der Waals surface area contributed by atoms with E-state index < -0.39 is 35.0 Å². The van der Waals surface area contributed by atoms with E-state index in [1.807, 2.05) is 0 Å². The predicted molar refractivity (Wildman–Crippen MR) is 52.5 cm³/mol. The second-order valence-corrected chi connectivity index (χ2v) is 2.77. The zero-order chi connectivity index (χ0) is 11.6. The summed E-state index contributed by atoms with van der Waals surface area (Å²) in [6, 6.07) is 0.122. The molecule has 0 aliphatic heterocycles. The Morgan fingerprint density at radius 2 is 1.88 bits per heavy atom. The number of nitrogens with two attached hydrogens (primary N) is 1. The Kier molecular flexibility index (Phi) is 5.26. The first-order valence-corrected chi connectivity index (χ1v) is 3.95. The molecule has 0 radical (unpaired) electrons. The van der Waals surface area contributed by atoms with E-state index in [-0.39, 0.29) is 12.4 Å². The summed E-state index contributed by atoms with van der Waals surface area (Å²) >= 11 is 0. The number of ether oxygens (including phenoxy) is 1. The number of esters is 1. The molecule has 1 aromatic carbocycles. The van der Waals surface area contributed by atoms with Crippen molar-refractivity contribution >= 4 is 18.4 Å².